The SMILES string of the molecule is COc1ccc(C(=O)N2[C@@H]3CC[C@H]2CC(c2nc(-c4ccncc4)no2)C3)cn1. The number of aromatic nitrogens is 4. The number of piperidine rings is 1. The minimum atomic E-state index is 0.0362. The number of fused-ring (bicyclic) bond motifs is 2. The van der Waals surface area contributed by atoms with Gasteiger partial charge in [0.2, 0.25) is 17.6 Å². The Hall–Kier alpha value is -3.29. The second-order valence-corrected chi connectivity index (χ2v) is 7.55. The van der Waals surface area contributed by atoms with E-state index in [2.05, 4.69) is 20.1 Å². The first-order valence-electron chi connectivity index (χ1n) is 9.79. The maximum Gasteiger partial charge on any atom is 0.255 e. The molecule has 148 valence electrons. The molecular weight excluding hydrogens is 370 g/mol. The minimum absolute atomic E-state index is 0.0362. The second-order valence-electron chi connectivity index (χ2n) is 7.55. The van der Waals surface area contributed by atoms with Gasteiger partial charge < -0.3 is 14.2 Å². The second kappa shape index (κ2) is 7.27. The number of carbonyl (C=O) groups excluding carboxylic acids is 1. The van der Waals surface area contributed by atoms with Crippen molar-refractivity contribution in [2.24, 2.45) is 0 Å². The number of hydrogen-bond acceptors (Lipinski definition) is 7. The quantitative estimate of drug-likeness (QED) is 0.674. The van der Waals surface area contributed by atoms with Crippen molar-refractivity contribution in [2.75, 3.05) is 7.11 Å². The number of amides is 1. The zero-order valence-electron chi connectivity index (χ0n) is 16.1. The van der Waals surface area contributed by atoms with Crippen LogP contribution in [0, 0.1) is 0 Å². The molecule has 0 saturated carbocycles. The van der Waals surface area contributed by atoms with E-state index in [1.807, 2.05) is 17.0 Å². The maximum atomic E-state index is 13.1. The first-order valence-corrected chi connectivity index (χ1v) is 9.79. The van der Waals surface area contributed by atoms with E-state index in [9.17, 15) is 4.79 Å². The van der Waals surface area contributed by atoms with Crippen LogP contribution in [-0.2, 0) is 0 Å². The van der Waals surface area contributed by atoms with E-state index in [1.54, 1.807) is 37.8 Å². The molecule has 3 atom stereocenters. The molecule has 29 heavy (non-hydrogen) atoms. The van der Waals surface area contributed by atoms with Crippen molar-refractivity contribution in [1.82, 2.24) is 25.0 Å². The zero-order valence-corrected chi connectivity index (χ0v) is 16.1. The van der Waals surface area contributed by atoms with Gasteiger partial charge in [0.15, 0.2) is 0 Å². The molecule has 5 rings (SSSR count). The molecule has 2 bridgehead atoms. The van der Waals surface area contributed by atoms with Crippen molar-refractivity contribution in [3.05, 3.63) is 54.3 Å². The smallest absolute Gasteiger partial charge is 0.255 e. The van der Waals surface area contributed by atoms with Gasteiger partial charge in [-0.3, -0.25) is 9.78 Å². The van der Waals surface area contributed by atoms with Gasteiger partial charge in [-0.25, -0.2) is 4.98 Å². The van der Waals surface area contributed by atoms with Crippen LogP contribution in [0.15, 0.2) is 47.4 Å². The predicted molar refractivity (Wildman–Crippen MR) is 103 cm³/mol. The molecule has 2 saturated heterocycles. The fourth-order valence-corrected chi connectivity index (χ4v) is 4.51. The van der Waals surface area contributed by atoms with Gasteiger partial charge in [-0.15, -0.1) is 0 Å². The number of carbonyl (C=O) groups is 1. The Balaban J connectivity index is 1.32. The normalized spacial score (nSPS) is 23.2. The topological polar surface area (TPSA) is 94.2 Å². The fraction of sp³-hybridized carbons (Fsp3) is 0.381. The molecule has 1 unspecified atom stereocenters. The third-order valence-electron chi connectivity index (χ3n) is 5.89. The molecular formula is C21H21N5O3. The molecule has 0 aliphatic carbocycles. The highest BCUT2D eigenvalue weighted by molar-refractivity contribution is 5.94. The largest absolute Gasteiger partial charge is 0.481 e. The van der Waals surface area contributed by atoms with Crippen LogP contribution in [0.25, 0.3) is 11.4 Å². The van der Waals surface area contributed by atoms with Crippen LogP contribution in [-0.4, -0.2) is 50.1 Å². The Morgan fingerprint density at radius 3 is 2.55 bits per heavy atom. The number of pyridine rings is 2. The van der Waals surface area contributed by atoms with Gasteiger partial charge in [0, 0.05) is 48.2 Å². The molecule has 3 aromatic heterocycles. The van der Waals surface area contributed by atoms with Gasteiger partial charge in [0.1, 0.15) is 0 Å². The molecule has 3 aromatic rings. The van der Waals surface area contributed by atoms with E-state index >= 15 is 0 Å². The van der Waals surface area contributed by atoms with Crippen LogP contribution in [0.2, 0.25) is 0 Å². The van der Waals surface area contributed by atoms with Crippen LogP contribution < -0.4 is 4.74 Å². The van der Waals surface area contributed by atoms with Crippen molar-refractivity contribution < 1.29 is 14.1 Å². The van der Waals surface area contributed by atoms with Crippen molar-refractivity contribution in [1.29, 1.82) is 0 Å². The van der Waals surface area contributed by atoms with E-state index in [0.717, 1.165) is 31.2 Å². The highest BCUT2D eigenvalue weighted by atomic mass is 16.5. The van der Waals surface area contributed by atoms with Crippen LogP contribution in [0.3, 0.4) is 0 Å². The van der Waals surface area contributed by atoms with Crippen molar-refractivity contribution in [3.8, 4) is 17.3 Å². The summed E-state index contributed by atoms with van der Waals surface area (Å²) in [6, 6.07) is 7.60. The first-order chi connectivity index (χ1) is 14.2. The summed E-state index contributed by atoms with van der Waals surface area (Å²) < 4.78 is 10.7. The molecule has 8 nitrogen and oxygen atoms in total. The van der Waals surface area contributed by atoms with Crippen LogP contribution in [0.5, 0.6) is 5.88 Å². The number of methoxy groups -OCH3 is 1. The lowest BCUT2D eigenvalue weighted by Crippen LogP contribution is -2.46. The van der Waals surface area contributed by atoms with E-state index in [4.69, 9.17) is 9.26 Å². The van der Waals surface area contributed by atoms with E-state index in [1.165, 1.54) is 0 Å². The summed E-state index contributed by atoms with van der Waals surface area (Å²) in [6.45, 7) is 0. The van der Waals surface area contributed by atoms with E-state index in [0.29, 0.717) is 23.2 Å². The summed E-state index contributed by atoms with van der Waals surface area (Å²) >= 11 is 0. The number of nitrogens with zero attached hydrogens (tertiary/aromatic N) is 5. The van der Waals surface area contributed by atoms with Crippen molar-refractivity contribution in [3.63, 3.8) is 0 Å². The Kier molecular flexibility index (Phi) is 4.46. The lowest BCUT2D eigenvalue weighted by Gasteiger charge is -2.37. The average Bonchev–Trinajstić information content (AvgIpc) is 3.37. The standard InChI is InChI=1S/C21H21N5O3/c1-28-18-5-2-14(12-23-18)21(27)26-16-3-4-17(26)11-15(10-16)20-24-19(25-29-20)13-6-8-22-9-7-13/h2,5-9,12,15-17H,3-4,10-11H2,1H3/t15?,16-,17+. The molecule has 2 aliphatic heterocycles. The molecule has 2 fully saturated rings. The third kappa shape index (κ3) is 3.24. The monoisotopic (exact) mass is 391 g/mol. The van der Waals surface area contributed by atoms with Gasteiger partial charge >= 0.3 is 0 Å². The average molecular weight is 391 g/mol. The Bertz CT molecular complexity index is 991. The van der Waals surface area contributed by atoms with Gasteiger partial charge in [0.25, 0.3) is 5.91 Å². The van der Waals surface area contributed by atoms with Gasteiger partial charge in [-0.1, -0.05) is 5.16 Å². The van der Waals surface area contributed by atoms with Crippen LogP contribution in [0.4, 0.5) is 0 Å². The Labute approximate surface area is 167 Å². The Morgan fingerprint density at radius 1 is 1.14 bits per heavy atom. The number of ether oxygens (including phenoxy) is 1. The molecule has 0 N–H and O–H groups in total. The number of rotatable bonds is 4. The van der Waals surface area contributed by atoms with Crippen LogP contribution >= 0.6 is 0 Å². The van der Waals surface area contributed by atoms with E-state index in [-0.39, 0.29) is 23.9 Å². The molecule has 0 radical (unpaired) electrons. The van der Waals surface area contributed by atoms with Crippen molar-refractivity contribution in [2.45, 2.75) is 43.7 Å². The van der Waals surface area contributed by atoms with Gasteiger partial charge in [-0.2, -0.15) is 4.98 Å². The molecule has 1 amide bonds. The highest BCUT2D eigenvalue weighted by Crippen LogP contribution is 2.43. The minimum Gasteiger partial charge on any atom is -0.481 e. The third-order valence-corrected chi connectivity index (χ3v) is 5.89. The summed E-state index contributed by atoms with van der Waals surface area (Å²) in [5, 5.41) is 4.14. The summed E-state index contributed by atoms with van der Waals surface area (Å²) in [6.07, 6.45) is 8.69. The lowest BCUT2D eigenvalue weighted by atomic mass is 9.90. The first kappa shape index (κ1) is 17.8. The molecule has 0 spiro atoms. The van der Waals surface area contributed by atoms with E-state index < -0.39 is 0 Å². The predicted octanol–water partition coefficient (Wildman–Crippen LogP) is 3.09. The van der Waals surface area contributed by atoms with Crippen molar-refractivity contribution >= 4 is 5.91 Å². The summed E-state index contributed by atoms with van der Waals surface area (Å²) in [5.74, 6) is 1.96. The van der Waals surface area contributed by atoms with Crippen LogP contribution in [0.1, 0.15) is 47.8 Å². The summed E-state index contributed by atoms with van der Waals surface area (Å²) in [5.41, 5.74) is 1.48. The summed E-state index contributed by atoms with van der Waals surface area (Å²) in [4.78, 5) is 27.9. The zero-order chi connectivity index (χ0) is 19.8. The Morgan fingerprint density at radius 2 is 1.90 bits per heavy atom. The number of hydrogen-bond donors (Lipinski definition) is 0. The molecule has 8 heteroatoms. The maximum absolute atomic E-state index is 13.1. The summed E-state index contributed by atoms with van der Waals surface area (Å²) in [7, 11) is 1.56. The fourth-order valence-electron chi connectivity index (χ4n) is 4.51. The molecule has 2 aliphatic rings. The van der Waals surface area contributed by atoms with Gasteiger partial charge in [0.05, 0.1) is 12.7 Å². The van der Waals surface area contributed by atoms with Gasteiger partial charge in [-0.05, 0) is 43.9 Å². The molecule has 0 aromatic carbocycles. The molecule has 5 heterocycles. The highest BCUT2D eigenvalue weighted by Gasteiger charge is 2.45. The lowest BCUT2D eigenvalue weighted by molar-refractivity contribution is 0.0554.